The fourth-order valence-electron chi connectivity index (χ4n) is 3.19. The fourth-order valence-corrected chi connectivity index (χ4v) is 5.44. The van der Waals surface area contributed by atoms with Crippen molar-refractivity contribution in [1.29, 1.82) is 0 Å². The van der Waals surface area contributed by atoms with Crippen molar-refractivity contribution in [2.45, 2.75) is 63.8 Å². The second-order valence-electron chi connectivity index (χ2n) is 6.92. The van der Waals surface area contributed by atoms with Crippen molar-refractivity contribution in [2.75, 3.05) is 17.6 Å². The second kappa shape index (κ2) is 8.40. The Hall–Kier alpha value is -1.28. The highest BCUT2D eigenvalue weighted by molar-refractivity contribution is 8.00. The Balaban J connectivity index is 1.52. The summed E-state index contributed by atoms with van der Waals surface area (Å²) in [5, 5.41) is 6.86. The summed E-state index contributed by atoms with van der Waals surface area (Å²) in [7, 11) is 0. The molecule has 0 aromatic carbocycles. The van der Waals surface area contributed by atoms with Crippen molar-refractivity contribution in [1.82, 2.24) is 15.2 Å². The van der Waals surface area contributed by atoms with E-state index in [9.17, 15) is 9.59 Å². The Morgan fingerprint density at radius 1 is 1.36 bits per heavy atom. The van der Waals surface area contributed by atoms with Crippen molar-refractivity contribution in [3.63, 3.8) is 0 Å². The molecule has 2 N–H and O–H groups in total. The van der Waals surface area contributed by atoms with Gasteiger partial charge < -0.3 is 10.2 Å². The maximum Gasteiger partial charge on any atom is 0.321 e. The number of amides is 3. The lowest BCUT2D eigenvalue weighted by Gasteiger charge is -2.26. The first-order valence-electron chi connectivity index (χ1n) is 8.96. The smallest absolute Gasteiger partial charge is 0.321 e. The van der Waals surface area contributed by atoms with E-state index in [4.69, 9.17) is 0 Å². The highest BCUT2D eigenvalue weighted by Crippen LogP contribution is 2.31. The van der Waals surface area contributed by atoms with E-state index in [1.165, 1.54) is 37.0 Å². The molecule has 0 unspecified atom stereocenters. The van der Waals surface area contributed by atoms with Crippen molar-refractivity contribution < 1.29 is 9.59 Å². The molecule has 0 saturated heterocycles. The van der Waals surface area contributed by atoms with E-state index in [1.807, 2.05) is 30.5 Å². The van der Waals surface area contributed by atoms with Gasteiger partial charge in [-0.3, -0.25) is 10.1 Å². The number of hydrogen-bond acceptors (Lipinski definition) is 5. The van der Waals surface area contributed by atoms with E-state index in [2.05, 4.69) is 15.6 Å². The SMILES string of the molecule is CC(C)NC(=O)Nc1nc2c(s1)CN(C(=O)CSC1CCCC1)CC2. The van der Waals surface area contributed by atoms with E-state index in [0.29, 0.717) is 22.7 Å². The minimum atomic E-state index is -0.234. The topological polar surface area (TPSA) is 74.3 Å². The summed E-state index contributed by atoms with van der Waals surface area (Å²) in [6, 6.07) is -0.151. The Labute approximate surface area is 157 Å². The average Bonchev–Trinajstić information content (AvgIpc) is 3.19. The van der Waals surface area contributed by atoms with Crippen LogP contribution in [0, 0.1) is 0 Å². The molecule has 1 saturated carbocycles. The molecule has 0 spiro atoms. The van der Waals surface area contributed by atoms with E-state index >= 15 is 0 Å². The van der Waals surface area contributed by atoms with E-state index < -0.39 is 0 Å². The van der Waals surface area contributed by atoms with Gasteiger partial charge in [0.05, 0.1) is 18.0 Å². The number of anilines is 1. The third-order valence-corrected chi connectivity index (χ3v) is 6.82. The number of thiazole rings is 1. The first-order valence-corrected chi connectivity index (χ1v) is 10.8. The summed E-state index contributed by atoms with van der Waals surface area (Å²) >= 11 is 3.29. The lowest BCUT2D eigenvalue weighted by molar-refractivity contribution is -0.129. The average molecular weight is 383 g/mol. The van der Waals surface area contributed by atoms with Gasteiger partial charge in [0.15, 0.2) is 5.13 Å². The molecular formula is C17H26N4O2S2. The molecule has 1 fully saturated rings. The zero-order valence-electron chi connectivity index (χ0n) is 14.8. The van der Waals surface area contributed by atoms with E-state index in [-0.39, 0.29) is 18.0 Å². The van der Waals surface area contributed by atoms with Crippen LogP contribution in [0.2, 0.25) is 0 Å². The zero-order chi connectivity index (χ0) is 17.8. The zero-order valence-corrected chi connectivity index (χ0v) is 16.5. The minimum absolute atomic E-state index is 0.0834. The van der Waals surface area contributed by atoms with Crippen molar-refractivity contribution in [2.24, 2.45) is 0 Å². The largest absolute Gasteiger partial charge is 0.336 e. The van der Waals surface area contributed by atoms with Gasteiger partial charge in [-0.05, 0) is 26.7 Å². The van der Waals surface area contributed by atoms with Crippen molar-refractivity contribution >= 4 is 40.2 Å². The number of hydrogen-bond donors (Lipinski definition) is 2. The monoisotopic (exact) mass is 382 g/mol. The predicted molar refractivity (Wildman–Crippen MR) is 103 cm³/mol. The first kappa shape index (κ1) is 18.5. The van der Waals surface area contributed by atoms with Gasteiger partial charge in [-0.15, -0.1) is 11.8 Å². The minimum Gasteiger partial charge on any atom is -0.336 e. The quantitative estimate of drug-likeness (QED) is 0.820. The Morgan fingerprint density at radius 3 is 2.84 bits per heavy atom. The van der Waals surface area contributed by atoms with Crippen LogP contribution in [0.15, 0.2) is 0 Å². The molecule has 138 valence electrons. The van der Waals surface area contributed by atoms with Gasteiger partial charge in [0.25, 0.3) is 0 Å². The number of fused-ring (bicyclic) bond motifs is 1. The Morgan fingerprint density at radius 2 is 2.12 bits per heavy atom. The van der Waals surface area contributed by atoms with Crippen LogP contribution >= 0.6 is 23.1 Å². The van der Waals surface area contributed by atoms with Gasteiger partial charge >= 0.3 is 6.03 Å². The molecule has 2 aliphatic rings. The number of aromatic nitrogens is 1. The predicted octanol–water partition coefficient (Wildman–Crippen LogP) is 3.23. The summed E-state index contributed by atoms with van der Waals surface area (Å²) < 4.78 is 0. The maximum atomic E-state index is 12.5. The fraction of sp³-hybridized carbons (Fsp3) is 0.706. The molecule has 3 rings (SSSR count). The summed E-state index contributed by atoms with van der Waals surface area (Å²) in [5.74, 6) is 0.809. The van der Waals surface area contributed by atoms with Crippen LogP contribution in [0.3, 0.4) is 0 Å². The van der Waals surface area contributed by atoms with Gasteiger partial charge in [-0.25, -0.2) is 9.78 Å². The number of thioether (sulfide) groups is 1. The van der Waals surface area contributed by atoms with Crippen LogP contribution in [0.4, 0.5) is 9.93 Å². The third kappa shape index (κ3) is 5.10. The van der Waals surface area contributed by atoms with Gasteiger partial charge in [0.1, 0.15) is 0 Å². The number of urea groups is 1. The second-order valence-corrected chi connectivity index (χ2v) is 9.30. The number of rotatable bonds is 5. The standard InChI is InChI=1S/C17H26N4O2S2/c1-11(2)18-16(23)20-17-19-13-7-8-21(9-14(13)25-17)15(22)10-24-12-5-3-4-6-12/h11-12H,3-10H2,1-2H3,(H2,18,19,20,23). The number of nitrogens with zero attached hydrogens (tertiary/aromatic N) is 2. The van der Waals surface area contributed by atoms with Crippen LogP contribution in [0.25, 0.3) is 0 Å². The highest BCUT2D eigenvalue weighted by atomic mass is 32.2. The Bertz CT molecular complexity index is 626. The van der Waals surface area contributed by atoms with Gasteiger partial charge in [-0.1, -0.05) is 24.2 Å². The molecule has 0 radical (unpaired) electrons. The molecular weight excluding hydrogens is 356 g/mol. The van der Waals surface area contributed by atoms with Gasteiger partial charge in [-0.2, -0.15) is 0 Å². The molecule has 1 aromatic heterocycles. The molecule has 1 aliphatic heterocycles. The maximum absolute atomic E-state index is 12.5. The summed E-state index contributed by atoms with van der Waals surface area (Å²) in [4.78, 5) is 31.8. The van der Waals surface area contributed by atoms with Crippen molar-refractivity contribution in [3.05, 3.63) is 10.6 Å². The van der Waals surface area contributed by atoms with Gasteiger partial charge in [0.2, 0.25) is 5.91 Å². The van der Waals surface area contributed by atoms with Crippen LogP contribution in [0.1, 0.15) is 50.1 Å². The summed E-state index contributed by atoms with van der Waals surface area (Å²) in [5.41, 5.74) is 1.01. The molecule has 25 heavy (non-hydrogen) atoms. The van der Waals surface area contributed by atoms with Crippen LogP contribution in [0.5, 0.6) is 0 Å². The Kier molecular flexibility index (Phi) is 6.22. The summed E-state index contributed by atoms with van der Waals surface area (Å²) in [6.07, 6.45) is 5.88. The highest BCUT2D eigenvalue weighted by Gasteiger charge is 2.25. The van der Waals surface area contributed by atoms with E-state index in [0.717, 1.165) is 23.5 Å². The molecule has 8 heteroatoms. The van der Waals surface area contributed by atoms with Crippen LogP contribution < -0.4 is 10.6 Å². The van der Waals surface area contributed by atoms with Crippen molar-refractivity contribution in [3.8, 4) is 0 Å². The molecule has 3 amide bonds. The summed E-state index contributed by atoms with van der Waals surface area (Å²) in [6.45, 7) is 5.17. The molecule has 0 bridgehead atoms. The van der Waals surface area contributed by atoms with Crippen LogP contribution in [-0.2, 0) is 17.8 Å². The van der Waals surface area contributed by atoms with E-state index in [1.54, 1.807) is 0 Å². The number of nitrogens with one attached hydrogen (secondary N) is 2. The third-order valence-electron chi connectivity index (χ3n) is 4.47. The number of carbonyl (C=O) groups excluding carboxylic acids is 2. The molecule has 6 nitrogen and oxygen atoms in total. The molecule has 0 atom stereocenters. The lowest BCUT2D eigenvalue weighted by Crippen LogP contribution is -2.36. The molecule has 1 aliphatic carbocycles. The van der Waals surface area contributed by atoms with Gasteiger partial charge in [0, 0.05) is 29.1 Å². The number of carbonyl (C=O) groups is 2. The normalized spacial score (nSPS) is 17.6. The first-order chi connectivity index (χ1) is 12.0. The molecule has 2 heterocycles. The van der Waals surface area contributed by atoms with Crippen LogP contribution in [-0.4, -0.2) is 45.4 Å². The lowest BCUT2D eigenvalue weighted by atomic mass is 10.2. The molecule has 1 aromatic rings.